The van der Waals surface area contributed by atoms with Crippen molar-refractivity contribution in [3.05, 3.63) is 68.7 Å². The molecule has 1 aliphatic rings. The van der Waals surface area contributed by atoms with E-state index >= 15 is 0 Å². The fraction of sp³-hybridized carbons (Fsp3) is 0.278. The van der Waals surface area contributed by atoms with Gasteiger partial charge >= 0.3 is 0 Å². The fourth-order valence-corrected chi connectivity index (χ4v) is 3.70. The van der Waals surface area contributed by atoms with Crippen molar-refractivity contribution in [2.24, 2.45) is 0 Å². The summed E-state index contributed by atoms with van der Waals surface area (Å²) in [5.41, 5.74) is 3.35. The Balaban J connectivity index is 1.84. The van der Waals surface area contributed by atoms with E-state index in [1.165, 1.54) is 11.1 Å². The Labute approximate surface area is 138 Å². The molecule has 1 nitrogen and oxygen atoms in total. The molecular formula is C18H16BrClO. The summed E-state index contributed by atoms with van der Waals surface area (Å²) in [7, 11) is 0. The third-order valence-corrected chi connectivity index (χ3v) is 4.98. The molecule has 0 aliphatic heterocycles. The number of rotatable bonds is 3. The van der Waals surface area contributed by atoms with Gasteiger partial charge in [-0.15, -0.1) is 0 Å². The van der Waals surface area contributed by atoms with Crippen molar-refractivity contribution in [2.75, 3.05) is 0 Å². The summed E-state index contributed by atoms with van der Waals surface area (Å²) in [5.74, 6) is 0.445. The zero-order valence-electron chi connectivity index (χ0n) is 11.6. The van der Waals surface area contributed by atoms with E-state index in [1.54, 1.807) is 6.07 Å². The van der Waals surface area contributed by atoms with Crippen LogP contribution in [0.4, 0.5) is 0 Å². The SMILES string of the molecule is O=C(CC1CCCc2ccccc21)c1cc(Br)ccc1Cl. The van der Waals surface area contributed by atoms with E-state index in [0.717, 1.165) is 23.7 Å². The largest absolute Gasteiger partial charge is 0.294 e. The minimum Gasteiger partial charge on any atom is -0.294 e. The van der Waals surface area contributed by atoms with Crippen LogP contribution >= 0.6 is 27.5 Å². The summed E-state index contributed by atoms with van der Waals surface area (Å²) in [6.45, 7) is 0. The van der Waals surface area contributed by atoms with Gasteiger partial charge in [-0.3, -0.25) is 4.79 Å². The van der Waals surface area contributed by atoms with E-state index in [4.69, 9.17) is 11.6 Å². The Morgan fingerprint density at radius 2 is 2.05 bits per heavy atom. The highest BCUT2D eigenvalue weighted by Crippen LogP contribution is 2.35. The van der Waals surface area contributed by atoms with Gasteiger partial charge in [0.15, 0.2) is 5.78 Å². The molecule has 0 aromatic heterocycles. The van der Waals surface area contributed by atoms with Crippen LogP contribution in [0.25, 0.3) is 0 Å². The van der Waals surface area contributed by atoms with Crippen molar-refractivity contribution >= 4 is 33.3 Å². The van der Waals surface area contributed by atoms with Crippen molar-refractivity contribution in [1.29, 1.82) is 0 Å². The first-order chi connectivity index (χ1) is 10.1. The van der Waals surface area contributed by atoms with Crippen LogP contribution in [-0.4, -0.2) is 5.78 Å². The second-order valence-corrected chi connectivity index (χ2v) is 6.86. The lowest BCUT2D eigenvalue weighted by molar-refractivity contribution is 0.0971. The number of fused-ring (bicyclic) bond motifs is 1. The summed E-state index contributed by atoms with van der Waals surface area (Å²) in [6.07, 6.45) is 3.89. The topological polar surface area (TPSA) is 17.1 Å². The number of Topliss-reactive ketones (excluding diaryl/α,β-unsaturated/α-hetero) is 1. The van der Waals surface area contributed by atoms with Crippen molar-refractivity contribution in [3.8, 4) is 0 Å². The van der Waals surface area contributed by atoms with Crippen molar-refractivity contribution in [1.82, 2.24) is 0 Å². The number of carbonyl (C=O) groups excluding carboxylic acids is 1. The summed E-state index contributed by atoms with van der Waals surface area (Å²) in [4.78, 5) is 12.6. The molecule has 0 bridgehead atoms. The molecule has 3 heteroatoms. The van der Waals surface area contributed by atoms with Crippen LogP contribution in [0, 0.1) is 0 Å². The summed E-state index contributed by atoms with van der Waals surface area (Å²) >= 11 is 9.57. The summed E-state index contributed by atoms with van der Waals surface area (Å²) < 4.78 is 0.888. The molecule has 1 aliphatic carbocycles. The number of ketones is 1. The van der Waals surface area contributed by atoms with E-state index in [9.17, 15) is 4.79 Å². The molecule has 3 rings (SSSR count). The van der Waals surface area contributed by atoms with Gasteiger partial charge < -0.3 is 0 Å². The first-order valence-electron chi connectivity index (χ1n) is 7.21. The van der Waals surface area contributed by atoms with Crippen LogP contribution in [0.15, 0.2) is 46.9 Å². The van der Waals surface area contributed by atoms with Crippen LogP contribution in [0.5, 0.6) is 0 Å². The normalized spacial score (nSPS) is 17.3. The number of benzene rings is 2. The molecule has 0 heterocycles. The highest BCUT2D eigenvalue weighted by atomic mass is 79.9. The first-order valence-corrected chi connectivity index (χ1v) is 8.38. The smallest absolute Gasteiger partial charge is 0.165 e. The highest BCUT2D eigenvalue weighted by molar-refractivity contribution is 9.10. The van der Waals surface area contributed by atoms with E-state index in [2.05, 4.69) is 40.2 Å². The van der Waals surface area contributed by atoms with Gasteiger partial charge in [-0.25, -0.2) is 0 Å². The Kier molecular flexibility index (Phi) is 4.46. The monoisotopic (exact) mass is 362 g/mol. The second-order valence-electron chi connectivity index (χ2n) is 5.54. The summed E-state index contributed by atoms with van der Waals surface area (Å²) in [6, 6.07) is 13.9. The van der Waals surface area contributed by atoms with Gasteiger partial charge in [-0.2, -0.15) is 0 Å². The van der Waals surface area contributed by atoms with Gasteiger partial charge in [0.25, 0.3) is 0 Å². The molecule has 2 aromatic rings. The van der Waals surface area contributed by atoms with Crippen molar-refractivity contribution < 1.29 is 4.79 Å². The van der Waals surface area contributed by atoms with Gasteiger partial charge in [0.2, 0.25) is 0 Å². The average Bonchev–Trinajstić information content (AvgIpc) is 2.50. The van der Waals surface area contributed by atoms with Gasteiger partial charge in [-0.1, -0.05) is 51.8 Å². The third kappa shape index (κ3) is 3.22. The lowest BCUT2D eigenvalue weighted by Gasteiger charge is -2.25. The molecule has 0 fully saturated rings. The van der Waals surface area contributed by atoms with Crippen LogP contribution in [-0.2, 0) is 6.42 Å². The molecule has 0 spiro atoms. The fourth-order valence-electron chi connectivity index (χ4n) is 3.11. The number of hydrogen-bond acceptors (Lipinski definition) is 1. The molecule has 1 unspecified atom stereocenters. The molecular weight excluding hydrogens is 348 g/mol. The molecule has 0 saturated carbocycles. The predicted molar refractivity (Wildman–Crippen MR) is 90.2 cm³/mol. The maximum atomic E-state index is 12.6. The van der Waals surface area contributed by atoms with Crippen LogP contribution in [0.1, 0.15) is 46.7 Å². The molecule has 0 radical (unpaired) electrons. The first kappa shape index (κ1) is 14.8. The van der Waals surface area contributed by atoms with Gasteiger partial charge in [0.1, 0.15) is 0 Å². The molecule has 108 valence electrons. The van der Waals surface area contributed by atoms with Gasteiger partial charge in [0.05, 0.1) is 5.02 Å². The minimum absolute atomic E-state index is 0.128. The van der Waals surface area contributed by atoms with Crippen LogP contribution < -0.4 is 0 Å². The Bertz CT molecular complexity index is 681. The van der Waals surface area contributed by atoms with Gasteiger partial charge in [0, 0.05) is 16.5 Å². The Morgan fingerprint density at radius 3 is 2.90 bits per heavy atom. The maximum Gasteiger partial charge on any atom is 0.165 e. The van der Waals surface area contributed by atoms with Crippen LogP contribution in [0.2, 0.25) is 5.02 Å². The zero-order chi connectivity index (χ0) is 14.8. The molecule has 2 aromatic carbocycles. The molecule has 0 N–H and O–H groups in total. The van der Waals surface area contributed by atoms with E-state index in [0.29, 0.717) is 22.9 Å². The molecule has 1 atom stereocenters. The lowest BCUT2D eigenvalue weighted by atomic mass is 9.79. The summed E-state index contributed by atoms with van der Waals surface area (Å²) in [5, 5.41) is 0.535. The van der Waals surface area contributed by atoms with Gasteiger partial charge in [-0.05, 0) is 54.5 Å². The standard InChI is InChI=1S/C18H16BrClO/c19-14-8-9-17(20)16(11-14)18(21)10-13-6-3-5-12-4-1-2-7-15(12)13/h1-2,4,7-9,11,13H,3,5-6,10H2. The van der Waals surface area contributed by atoms with Crippen LogP contribution in [0.3, 0.4) is 0 Å². The second kappa shape index (κ2) is 6.33. The predicted octanol–water partition coefficient (Wildman–Crippen LogP) is 5.80. The van der Waals surface area contributed by atoms with Crippen molar-refractivity contribution in [2.45, 2.75) is 31.6 Å². The Hall–Kier alpha value is -1.12. The van der Waals surface area contributed by atoms with E-state index < -0.39 is 0 Å². The molecule has 0 saturated heterocycles. The number of aryl methyl sites for hydroxylation is 1. The average molecular weight is 364 g/mol. The van der Waals surface area contributed by atoms with E-state index in [1.807, 2.05) is 12.1 Å². The van der Waals surface area contributed by atoms with Crippen molar-refractivity contribution in [3.63, 3.8) is 0 Å². The lowest BCUT2D eigenvalue weighted by Crippen LogP contribution is -2.14. The zero-order valence-corrected chi connectivity index (χ0v) is 14.0. The quantitative estimate of drug-likeness (QED) is 0.630. The molecule has 21 heavy (non-hydrogen) atoms. The third-order valence-electron chi connectivity index (χ3n) is 4.15. The number of carbonyl (C=O) groups is 1. The highest BCUT2D eigenvalue weighted by Gasteiger charge is 2.23. The number of halogens is 2. The van der Waals surface area contributed by atoms with E-state index in [-0.39, 0.29) is 5.78 Å². The Morgan fingerprint density at radius 1 is 1.24 bits per heavy atom. The minimum atomic E-state index is 0.128. The number of hydrogen-bond donors (Lipinski definition) is 0. The molecule has 0 amide bonds. The maximum absolute atomic E-state index is 12.6.